The fraction of sp³-hybridized carbons (Fsp3) is 0.200. The number of hydrogen-bond acceptors (Lipinski definition) is 3. The number of anilines is 1. The maximum absolute atomic E-state index is 13.2. The summed E-state index contributed by atoms with van der Waals surface area (Å²) < 4.78 is 40.5. The fourth-order valence-corrected chi connectivity index (χ4v) is 4.57. The number of benzene rings is 3. The molecule has 1 aliphatic heterocycles. The molecule has 0 bridgehead atoms. The molecule has 3 aromatic rings. The van der Waals surface area contributed by atoms with E-state index in [2.05, 4.69) is 26.3 Å². The van der Waals surface area contributed by atoms with E-state index in [4.69, 9.17) is 11.6 Å². The summed E-state index contributed by atoms with van der Waals surface area (Å²) in [7, 11) is 0. The van der Waals surface area contributed by atoms with Crippen molar-refractivity contribution in [1.29, 1.82) is 0 Å². The van der Waals surface area contributed by atoms with Gasteiger partial charge >= 0.3 is 6.18 Å². The van der Waals surface area contributed by atoms with Gasteiger partial charge in [0.2, 0.25) is 5.91 Å². The summed E-state index contributed by atoms with van der Waals surface area (Å²) in [5.74, 6) is -0.256. The number of alkyl halides is 3. The van der Waals surface area contributed by atoms with Gasteiger partial charge in [-0.3, -0.25) is 9.80 Å². The number of carbonyl (C=O) groups excluding carboxylic acids is 1. The van der Waals surface area contributed by atoms with Gasteiger partial charge in [0.1, 0.15) is 6.54 Å². The van der Waals surface area contributed by atoms with Crippen LogP contribution in [-0.4, -0.2) is 29.7 Å². The molecule has 1 N–H and O–H groups in total. The molecule has 1 atom stereocenters. The van der Waals surface area contributed by atoms with Crippen LogP contribution in [0.1, 0.15) is 23.6 Å². The van der Waals surface area contributed by atoms with Gasteiger partial charge in [-0.2, -0.15) is 18.3 Å². The molecule has 0 spiro atoms. The molecule has 1 heterocycles. The van der Waals surface area contributed by atoms with Crippen molar-refractivity contribution >= 4 is 44.8 Å². The van der Waals surface area contributed by atoms with Gasteiger partial charge in [0, 0.05) is 15.7 Å². The molecule has 0 fully saturated rings. The lowest BCUT2D eigenvalue weighted by Gasteiger charge is -2.27. The monoisotopic (exact) mass is 549 g/mol. The van der Waals surface area contributed by atoms with Crippen LogP contribution in [-0.2, 0) is 16.4 Å². The van der Waals surface area contributed by atoms with Gasteiger partial charge in [-0.25, -0.2) is 0 Å². The van der Waals surface area contributed by atoms with E-state index in [-0.39, 0.29) is 12.5 Å². The minimum atomic E-state index is -4.55. The predicted octanol–water partition coefficient (Wildman–Crippen LogP) is 6.74. The summed E-state index contributed by atoms with van der Waals surface area (Å²) in [5.41, 5.74) is 1.04. The van der Waals surface area contributed by atoms with E-state index in [0.29, 0.717) is 23.5 Å². The van der Waals surface area contributed by atoms with E-state index in [9.17, 15) is 18.0 Å². The molecule has 1 unspecified atom stereocenters. The quantitative estimate of drug-likeness (QED) is 0.383. The van der Waals surface area contributed by atoms with Crippen LogP contribution >= 0.6 is 27.5 Å². The van der Waals surface area contributed by atoms with E-state index < -0.39 is 22.2 Å². The van der Waals surface area contributed by atoms with Gasteiger partial charge in [0.05, 0.1) is 28.3 Å². The molecule has 3 aromatic carbocycles. The fourth-order valence-electron chi connectivity index (χ4n) is 4.02. The molecule has 176 valence electrons. The van der Waals surface area contributed by atoms with Crippen LogP contribution in [0.25, 0.3) is 0 Å². The van der Waals surface area contributed by atoms with Crippen LogP contribution in [0.2, 0.25) is 5.02 Å². The largest absolute Gasteiger partial charge is 0.417 e. The summed E-state index contributed by atoms with van der Waals surface area (Å²) in [6, 6.07) is 20.4. The van der Waals surface area contributed by atoms with E-state index in [1.165, 1.54) is 12.1 Å². The molecule has 0 aromatic heterocycles. The van der Waals surface area contributed by atoms with Gasteiger partial charge in [-0.05, 0) is 48.9 Å². The van der Waals surface area contributed by atoms with Crippen molar-refractivity contribution in [3.63, 3.8) is 0 Å². The average molecular weight is 551 g/mol. The number of hydrogen-bond donors (Lipinski definition) is 1. The second-order valence-electron chi connectivity index (χ2n) is 8.22. The smallest absolute Gasteiger partial charge is 0.324 e. The maximum atomic E-state index is 13.2. The molecular formula is C25H20BrClF3N3O. The van der Waals surface area contributed by atoms with Crippen molar-refractivity contribution in [1.82, 2.24) is 5.01 Å². The Morgan fingerprint density at radius 1 is 1.12 bits per heavy atom. The zero-order valence-electron chi connectivity index (χ0n) is 18.0. The topological polar surface area (TPSA) is 44.7 Å². The lowest BCUT2D eigenvalue weighted by atomic mass is 9.76. The first-order valence-electron chi connectivity index (χ1n) is 10.4. The molecule has 4 rings (SSSR count). The molecule has 0 aliphatic carbocycles. The highest BCUT2D eigenvalue weighted by atomic mass is 79.9. The molecule has 0 saturated carbocycles. The number of nitrogens with zero attached hydrogens (tertiary/aromatic N) is 2. The Balaban J connectivity index is 1.65. The molecular weight excluding hydrogens is 531 g/mol. The second kappa shape index (κ2) is 9.43. The zero-order valence-corrected chi connectivity index (χ0v) is 20.4. The average Bonchev–Trinajstić information content (AvgIpc) is 3.12. The summed E-state index contributed by atoms with van der Waals surface area (Å²) in [6.45, 7) is 2.31. The number of nitrogens with one attached hydrogen (secondary N) is 1. The minimum absolute atomic E-state index is 0.0175. The van der Waals surface area contributed by atoms with Crippen LogP contribution in [0.5, 0.6) is 0 Å². The van der Waals surface area contributed by atoms with Crippen LogP contribution in [0.4, 0.5) is 18.9 Å². The number of amides is 1. The normalized spacial score (nSPS) is 18.1. The first kappa shape index (κ1) is 24.3. The first-order valence-corrected chi connectivity index (χ1v) is 11.6. The third-order valence-electron chi connectivity index (χ3n) is 5.68. The first-order chi connectivity index (χ1) is 16.1. The Kier molecular flexibility index (Phi) is 6.73. The van der Waals surface area contributed by atoms with Crippen molar-refractivity contribution in [2.24, 2.45) is 5.10 Å². The minimum Gasteiger partial charge on any atom is -0.324 e. The number of rotatable bonds is 5. The maximum Gasteiger partial charge on any atom is 0.417 e. The van der Waals surface area contributed by atoms with Crippen LogP contribution in [0, 0.1) is 0 Å². The molecule has 0 saturated heterocycles. The molecule has 1 aliphatic rings. The van der Waals surface area contributed by atoms with Crippen molar-refractivity contribution in [2.75, 3.05) is 18.4 Å². The highest BCUT2D eigenvalue weighted by Crippen LogP contribution is 2.39. The van der Waals surface area contributed by atoms with Crippen molar-refractivity contribution in [3.8, 4) is 0 Å². The Labute approximate surface area is 208 Å². The SMILES string of the molecule is CC1(c2ccccc2)CN(CC(=O)Nc2ccc(Br)cc2)N=C1c1ccc(C(F)(F)F)c(Cl)c1. The Morgan fingerprint density at radius 2 is 1.79 bits per heavy atom. The summed E-state index contributed by atoms with van der Waals surface area (Å²) in [6.07, 6.45) is -4.55. The highest BCUT2D eigenvalue weighted by molar-refractivity contribution is 9.10. The summed E-state index contributed by atoms with van der Waals surface area (Å²) in [5, 5.41) is 8.73. The zero-order chi connectivity index (χ0) is 24.5. The lowest BCUT2D eigenvalue weighted by Crippen LogP contribution is -2.38. The third-order valence-corrected chi connectivity index (χ3v) is 6.52. The summed E-state index contributed by atoms with van der Waals surface area (Å²) >= 11 is 9.35. The van der Waals surface area contributed by atoms with Gasteiger partial charge < -0.3 is 5.32 Å². The lowest BCUT2D eigenvalue weighted by molar-refractivity contribution is -0.137. The molecule has 9 heteroatoms. The molecule has 0 radical (unpaired) electrons. The molecule has 34 heavy (non-hydrogen) atoms. The number of halogens is 5. The third kappa shape index (κ3) is 5.13. The Bertz CT molecular complexity index is 1230. The van der Waals surface area contributed by atoms with E-state index in [1.54, 1.807) is 17.1 Å². The number of hydrazone groups is 1. The Morgan fingerprint density at radius 3 is 2.41 bits per heavy atom. The summed E-state index contributed by atoms with van der Waals surface area (Å²) in [4.78, 5) is 12.7. The van der Waals surface area contributed by atoms with E-state index >= 15 is 0 Å². The predicted molar refractivity (Wildman–Crippen MR) is 131 cm³/mol. The van der Waals surface area contributed by atoms with Crippen molar-refractivity contribution < 1.29 is 18.0 Å². The molecule has 4 nitrogen and oxygen atoms in total. The molecule has 1 amide bonds. The van der Waals surface area contributed by atoms with Gasteiger partial charge in [0.15, 0.2) is 0 Å². The van der Waals surface area contributed by atoms with Crippen molar-refractivity contribution in [3.05, 3.63) is 99.0 Å². The van der Waals surface area contributed by atoms with Crippen molar-refractivity contribution in [2.45, 2.75) is 18.5 Å². The van der Waals surface area contributed by atoms with Gasteiger partial charge in [-0.15, -0.1) is 0 Å². The van der Waals surface area contributed by atoms with Gasteiger partial charge in [-0.1, -0.05) is 63.9 Å². The van der Waals surface area contributed by atoms with Crippen LogP contribution in [0.15, 0.2) is 82.4 Å². The number of carbonyl (C=O) groups is 1. The van der Waals surface area contributed by atoms with Crippen LogP contribution < -0.4 is 5.32 Å². The van der Waals surface area contributed by atoms with E-state index in [1.807, 2.05) is 49.4 Å². The van der Waals surface area contributed by atoms with E-state index in [0.717, 1.165) is 16.1 Å². The van der Waals surface area contributed by atoms with Crippen LogP contribution in [0.3, 0.4) is 0 Å². The Hall–Kier alpha value is -2.84. The van der Waals surface area contributed by atoms with Gasteiger partial charge in [0.25, 0.3) is 0 Å². The second-order valence-corrected chi connectivity index (χ2v) is 9.54. The standard InChI is InChI=1S/C25H20BrClF3N3O/c1-24(17-5-3-2-4-6-17)15-33(14-22(34)31-19-10-8-18(26)9-11-19)32-23(24)16-7-12-20(21(27)13-16)25(28,29)30/h2-13H,14-15H2,1H3,(H,31,34). The highest BCUT2D eigenvalue weighted by Gasteiger charge is 2.42.